The van der Waals surface area contributed by atoms with Gasteiger partial charge in [-0.25, -0.2) is 0 Å². The minimum atomic E-state index is 0.213. The molecule has 0 bridgehead atoms. The molecule has 2 aliphatic rings. The van der Waals surface area contributed by atoms with Gasteiger partial charge in [-0.3, -0.25) is 14.7 Å². The number of guanidine groups is 1. The van der Waals surface area contributed by atoms with Gasteiger partial charge in [-0.15, -0.1) is 0 Å². The molecule has 1 amide bonds. The van der Waals surface area contributed by atoms with Crippen LogP contribution in [0.2, 0.25) is 0 Å². The Morgan fingerprint density at radius 3 is 2.56 bits per heavy atom. The van der Waals surface area contributed by atoms with E-state index in [9.17, 15) is 4.79 Å². The predicted octanol–water partition coefficient (Wildman–Crippen LogP) is 3.19. The standard InChI is InChI=1S/C26H35N5O/c1-27-26(29-23-14-17-30(18-15-23)20-21-8-3-2-4-9-21)28-16-7-12-25(32)31-19-13-22-10-5-6-11-24(22)31/h2-6,8-11,23H,7,12-20H2,1H3,(H2,27,28,29). The highest BCUT2D eigenvalue weighted by atomic mass is 16.2. The van der Waals surface area contributed by atoms with Gasteiger partial charge in [0.15, 0.2) is 5.96 Å². The van der Waals surface area contributed by atoms with E-state index in [2.05, 4.69) is 63.0 Å². The smallest absolute Gasteiger partial charge is 0.227 e. The molecule has 2 N–H and O–H groups in total. The first-order valence-electron chi connectivity index (χ1n) is 11.8. The molecule has 32 heavy (non-hydrogen) atoms. The highest BCUT2D eigenvalue weighted by Crippen LogP contribution is 2.28. The van der Waals surface area contributed by atoms with Crippen molar-refractivity contribution in [3.63, 3.8) is 0 Å². The van der Waals surface area contributed by atoms with Crippen LogP contribution in [-0.4, -0.2) is 56.0 Å². The number of fused-ring (bicyclic) bond motifs is 1. The summed E-state index contributed by atoms with van der Waals surface area (Å²) in [6.07, 6.45) is 4.53. The van der Waals surface area contributed by atoms with E-state index in [0.717, 1.165) is 70.1 Å². The van der Waals surface area contributed by atoms with E-state index in [1.54, 1.807) is 0 Å². The van der Waals surface area contributed by atoms with Gasteiger partial charge in [-0.2, -0.15) is 0 Å². The monoisotopic (exact) mass is 433 g/mol. The molecule has 0 aromatic heterocycles. The molecule has 0 saturated carbocycles. The quantitative estimate of drug-likeness (QED) is 0.400. The van der Waals surface area contributed by atoms with E-state index in [1.165, 1.54) is 11.1 Å². The summed E-state index contributed by atoms with van der Waals surface area (Å²) in [4.78, 5) is 21.5. The number of anilines is 1. The first-order valence-corrected chi connectivity index (χ1v) is 11.8. The summed E-state index contributed by atoms with van der Waals surface area (Å²) in [6, 6.07) is 19.3. The summed E-state index contributed by atoms with van der Waals surface area (Å²) in [7, 11) is 1.81. The van der Waals surface area contributed by atoms with Crippen LogP contribution in [0.1, 0.15) is 36.8 Å². The van der Waals surface area contributed by atoms with Crippen LogP contribution >= 0.6 is 0 Å². The van der Waals surface area contributed by atoms with Gasteiger partial charge < -0.3 is 15.5 Å². The van der Waals surface area contributed by atoms with Crippen LogP contribution in [0, 0.1) is 0 Å². The molecule has 0 radical (unpaired) electrons. The molecule has 2 aromatic carbocycles. The van der Waals surface area contributed by atoms with Crippen molar-refractivity contribution < 1.29 is 4.79 Å². The van der Waals surface area contributed by atoms with Gasteiger partial charge in [-0.05, 0) is 42.9 Å². The Labute approximate surface area is 191 Å². The lowest BCUT2D eigenvalue weighted by Gasteiger charge is -2.33. The van der Waals surface area contributed by atoms with Crippen molar-refractivity contribution in [2.45, 2.75) is 44.7 Å². The number of para-hydroxylation sites is 1. The zero-order valence-corrected chi connectivity index (χ0v) is 19.1. The summed E-state index contributed by atoms with van der Waals surface area (Å²) >= 11 is 0. The maximum atomic E-state index is 12.6. The number of likely N-dealkylation sites (tertiary alicyclic amines) is 1. The van der Waals surface area contributed by atoms with Crippen LogP contribution in [0.3, 0.4) is 0 Å². The average molecular weight is 434 g/mol. The number of carbonyl (C=O) groups is 1. The Hall–Kier alpha value is -2.86. The van der Waals surface area contributed by atoms with Gasteiger partial charge >= 0.3 is 0 Å². The van der Waals surface area contributed by atoms with Gasteiger partial charge in [0.1, 0.15) is 0 Å². The number of piperidine rings is 1. The molecule has 0 aliphatic carbocycles. The number of nitrogens with zero attached hydrogens (tertiary/aromatic N) is 3. The van der Waals surface area contributed by atoms with Gasteiger partial charge in [-0.1, -0.05) is 48.5 Å². The van der Waals surface area contributed by atoms with Crippen molar-refractivity contribution in [1.29, 1.82) is 0 Å². The number of carbonyl (C=O) groups excluding carboxylic acids is 1. The first kappa shape index (κ1) is 22.3. The zero-order valence-electron chi connectivity index (χ0n) is 19.1. The molecule has 2 heterocycles. The molecule has 0 unspecified atom stereocenters. The summed E-state index contributed by atoms with van der Waals surface area (Å²) in [5, 5.41) is 6.95. The SMILES string of the molecule is CN=C(NCCCC(=O)N1CCc2ccccc21)NC1CCN(Cc2ccccc2)CC1. The van der Waals surface area contributed by atoms with Crippen molar-refractivity contribution in [3.05, 3.63) is 65.7 Å². The molecule has 0 spiro atoms. The maximum Gasteiger partial charge on any atom is 0.227 e. The zero-order chi connectivity index (χ0) is 22.2. The maximum absolute atomic E-state index is 12.6. The molecule has 170 valence electrons. The number of benzene rings is 2. The van der Waals surface area contributed by atoms with E-state index < -0.39 is 0 Å². The highest BCUT2D eigenvalue weighted by molar-refractivity contribution is 5.95. The molecule has 6 heteroatoms. The second kappa shape index (κ2) is 11.1. The summed E-state index contributed by atoms with van der Waals surface area (Å²) < 4.78 is 0. The molecule has 4 rings (SSSR count). The topological polar surface area (TPSA) is 60.0 Å². The third-order valence-corrected chi connectivity index (χ3v) is 6.45. The number of nitrogens with one attached hydrogen (secondary N) is 2. The van der Waals surface area contributed by atoms with Crippen LogP contribution in [0.25, 0.3) is 0 Å². The van der Waals surface area contributed by atoms with Gasteiger partial charge in [0.25, 0.3) is 0 Å². The van der Waals surface area contributed by atoms with Crippen molar-refractivity contribution in [3.8, 4) is 0 Å². The minimum Gasteiger partial charge on any atom is -0.356 e. The van der Waals surface area contributed by atoms with Crippen molar-refractivity contribution in [2.24, 2.45) is 4.99 Å². The number of aliphatic imine (C=N–C) groups is 1. The van der Waals surface area contributed by atoms with Gasteiger partial charge in [0.05, 0.1) is 0 Å². The normalized spacial score (nSPS) is 17.3. The van der Waals surface area contributed by atoms with Crippen LogP contribution in [0.5, 0.6) is 0 Å². The Kier molecular flexibility index (Phi) is 7.77. The van der Waals surface area contributed by atoms with E-state index in [4.69, 9.17) is 0 Å². The lowest BCUT2D eigenvalue weighted by Crippen LogP contribution is -2.48. The van der Waals surface area contributed by atoms with E-state index in [0.29, 0.717) is 12.5 Å². The van der Waals surface area contributed by atoms with Gasteiger partial charge in [0.2, 0.25) is 5.91 Å². The van der Waals surface area contributed by atoms with Crippen LogP contribution in [0.15, 0.2) is 59.6 Å². The second-order valence-electron chi connectivity index (χ2n) is 8.71. The van der Waals surface area contributed by atoms with Crippen LogP contribution in [-0.2, 0) is 17.8 Å². The van der Waals surface area contributed by atoms with Gasteiger partial charge in [0, 0.05) is 57.9 Å². The fourth-order valence-electron chi connectivity index (χ4n) is 4.64. The first-order chi connectivity index (χ1) is 15.7. The molecule has 6 nitrogen and oxygen atoms in total. The fourth-order valence-corrected chi connectivity index (χ4v) is 4.64. The van der Waals surface area contributed by atoms with Crippen molar-refractivity contribution >= 4 is 17.6 Å². The number of hydrogen-bond donors (Lipinski definition) is 2. The summed E-state index contributed by atoms with van der Waals surface area (Å²) in [5.41, 5.74) is 3.74. The lowest BCUT2D eigenvalue weighted by molar-refractivity contribution is -0.118. The number of amides is 1. The molecular weight excluding hydrogens is 398 g/mol. The Morgan fingerprint density at radius 2 is 1.78 bits per heavy atom. The molecule has 2 aliphatic heterocycles. The van der Waals surface area contributed by atoms with E-state index in [1.807, 2.05) is 24.1 Å². The Balaban J connectivity index is 1.13. The van der Waals surface area contributed by atoms with Crippen molar-refractivity contribution in [2.75, 3.05) is 38.1 Å². The van der Waals surface area contributed by atoms with Crippen LogP contribution in [0.4, 0.5) is 5.69 Å². The largest absolute Gasteiger partial charge is 0.356 e. The van der Waals surface area contributed by atoms with E-state index >= 15 is 0 Å². The minimum absolute atomic E-state index is 0.213. The molecule has 1 fully saturated rings. The Bertz CT molecular complexity index is 905. The number of rotatable bonds is 7. The summed E-state index contributed by atoms with van der Waals surface area (Å²) in [6.45, 7) is 4.76. The second-order valence-corrected chi connectivity index (χ2v) is 8.71. The van der Waals surface area contributed by atoms with Crippen LogP contribution < -0.4 is 15.5 Å². The third kappa shape index (κ3) is 5.88. The van der Waals surface area contributed by atoms with E-state index in [-0.39, 0.29) is 5.91 Å². The highest BCUT2D eigenvalue weighted by Gasteiger charge is 2.23. The molecule has 2 aromatic rings. The Morgan fingerprint density at radius 1 is 1.03 bits per heavy atom. The fraction of sp³-hybridized carbons (Fsp3) is 0.462. The third-order valence-electron chi connectivity index (χ3n) is 6.45. The predicted molar refractivity (Wildman–Crippen MR) is 131 cm³/mol. The number of hydrogen-bond acceptors (Lipinski definition) is 3. The molecule has 0 atom stereocenters. The summed E-state index contributed by atoms with van der Waals surface area (Å²) in [5.74, 6) is 1.05. The molecule has 1 saturated heterocycles. The molecular formula is C26H35N5O. The van der Waals surface area contributed by atoms with Crippen molar-refractivity contribution in [1.82, 2.24) is 15.5 Å². The average Bonchev–Trinajstić information content (AvgIpc) is 3.27. The lowest BCUT2D eigenvalue weighted by atomic mass is 10.0.